The molecule has 16 heavy (non-hydrogen) atoms. The average molecular weight is 288 g/mol. The molecule has 0 unspecified atom stereocenters. The maximum atomic E-state index is 7.25. The molecule has 0 saturated carbocycles. The summed E-state index contributed by atoms with van der Waals surface area (Å²) in [5, 5.41) is 10.4. The third-order valence-electron chi connectivity index (χ3n) is 1.70. The Balaban J connectivity index is 0.00000106. The number of pyridine rings is 1. The minimum atomic E-state index is 0.629. The Hall–Kier alpha value is -0.940. The molecule has 0 aromatic carbocycles. The van der Waals surface area contributed by atoms with Crippen molar-refractivity contribution in [3.63, 3.8) is 0 Å². The van der Waals surface area contributed by atoms with Crippen LogP contribution in [0, 0.1) is 5.41 Å². The predicted molar refractivity (Wildman–Crippen MR) is 71.5 cm³/mol. The molecule has 0 atom stereocenters. The van der Waals surface area contributed by atoms with Gasteiger partial charge in [0.1, 0.15) is 0 Å². The third kappa shape index (κ3) is 4.72. The fourth-order valence-corrected chi connectivity index (χ4v) is 1.47. The molecule has 2 N–H and O–H groups in total. The van der Waals surface area contributed by atoms with Gasteiger partial charge in [0.2, 0.25) is 0 Å². The summed E-state index contributed by atoms with van der Waals surface area (Å²) in [5.74, 6) is 0. The van der Waals surface area contributed by atoms with Crippen LogP contribution in [-0.4, -0.2) is 31.5 Å². The van der Waals surface area contributed by atoms with Crippen LogP contribution < -0.4 is 5.32 Å². The number of nitrogens with one attached hydrogen (secondary N) is 2. The van der Waals surface area contributed by atoms with E-state index in [2.05, 4.69) is 26.2 Å². The van der Waals surface area contributed by atoms with Crippen molar-refractivity contribution < 1.29 is 4.74 Å². The summed E-state index contributed by atoms with van der Waals surface area (Å²) < 4.78 is 5.73. The number of nitrogens with zero attached hydrogens (tertiary/aromatic N) is 1. The van der Waals surface area contributed by atoms with Crippen molar-refractivity contribution in [1.29, 1.82) is 5.41 Å². The van der Waals surface area contributed by atoms with Crippen LogP contribution in [0.2, 0.25) is 0 Å². The molecule has 4 nitrogen and oxygen atoms in total. The van der Waals surface area contributed by atoms with Crippen molar-refractivity contribution >= 4 is 27.8 Å². The van der Waals surface area contributed by atoms with Crippen molar-refractivity contribution in [2.24, 2.45) is 0 Å². The molecule has 1 heterocycles. The largest absolute Gasteiger partial charge is 0.383 e. The van der Waals surface area contributed by atoms with Crippen molar-refractivity contribution in [3.05, 3.63) is 22.4 Å². The minimum Gasteiger partial charge on any atom is -0.383 e. The Morgan fingerprint density at radius 2 is 2.19 bits per heavy atom. The molecule has 1 rings (SSSR count). The Kier molecular flexibility index (Phi) is 8.75. The highest BCUT2D eigenvalue weighted by molar-refractivity contribution is 9.10. The lowest BCUT2D eigenvalue weighted by molar-refractivity contribution is 0.211. The van der Waals surface area contributed by atoms with E-state index in [9.17, 15) is 0 Å². The molecule has 0 spiro atoms. The smallest absolute Gasteiger partial charge is 0.0635 e. The Bertz CT molecular complexity index is 318. The van der Waals surface area contributed by atoms with Gasteiger partial charge in [0, 0.05) is 36.1 Å². The molecule has 5 heteroatoms. The average Bonchev–Trinajstić information content (AvgIpc) is 2.32. The second kappa shape index (κ2) is 9.30. The first-order valence-electron chi connectivity index (χ1n) is 5.16. The van der Waals surface area contributed by atoms with Gasteiger partial charge in [0.25, 0.3) is 0 Å². The van der Waals surface area contributed by atoms with Gasteiger partial charge in [-0.3, -0.25) is 4.98 Å². The van der Waals surface area contributed by atoms with Crippen LogP contribution in [0.3, 0.4) is 0 Å². The first-order valence-corrected chi connectivity index (χ1v) is 5.95. The van der Waals surface area contributed by atoms with E-state index in [1.807, 2.05) is 13.8 Å². The van der Waals surface area contributed by atoms with Crippen LogP contribution in [0.15, 0.2) is 16.9 Å². The van der Waals surface area contributed by atoms with Crippen molar-refractivity contribution in [2.45, 2.75) is 13.8 Å². The maximum Gasteiger partial charge on any atom is 0.0635 e. The highest BCUT2D eigenvalue weighted by Gasteiger charge is 2.03. The molecule has 0 saturated heterocycles. The normalized spacial score (nSPS) is 9.00. The van der Waals surface area contributed by atoms with E-state index < -0.39 is 0 Å². The van der Waals surface area contributed by atoms with Crippen LogP contribution in [0.25, 0.3) is 0 Å². The van der Waals surface area contributed by atoms with Crippen LogP contribution in [0.4, 0.5) is 5.69 Å². The van der Waals surface area contributed by atoms with Crippen LogP contribution in [0.1, 0.15) is 19.4 Å². The van der Waals surface area contributed by atoms with Gasteiger partial charge in [0.05, 0.1) is 18.5 Å². The van der Waals surface area contributed by atoms with E-state index in [1.54, 1.807) is 19.5 Å². The second-order valence-electron chi connectivity index (χ2n) is 2.65. The van der Waals surface area contributed by atoms with Crippen LogP contribution in [-0.2, 0) is 4.74 Å². The summed E-state index contributed by atoms with van der Waals surface area (Å²) in [6, 6.07) is 0. The van der Waals surface area contributed by atoms with Crippen LogP contribution in [0.5, 0.6) is 0 Å². The Labute approximate surface area is 105 Å². The van der Waals surface area contributed by atoms with Gasteiger partial charge in [-0.15, -0.1) is 0 Å². The summed E-state index contributed by atoms with van der Waals surface area (Å²) in [4.78, 5) is 4.02. The lowest BCUT2D eigenvalue weighted by atomic mass is 10.2. The molecule has 1 aromatic heterocycles. The monoisotopic (exact) mass is 287 g/mol. The lowest BCUT2D eigenvalue weighted by Crippen LogP contribution is -2.09. The van der Waals surface area contributed by atoms with Crippen molar-refractivity contribution in [1.82, 2.24) is 4.98 Å². The molecule has 0 amide bonds. The fourth-order valence-electron chi connectivity index (χ4n) is 1.02. The molecule has 0 aliphatic heterocycles. The number of rotatable bonds is 5. The fraction of sp³-hybridized carbons (Fsp3) is 0.455. The van der Waals surface area contributed by atoms with E-state index in [0.717, 1.165) is 15.7 Å². The first kappa shape index (κ1) is 15.1. The number of halogens is 1. The van der Waals surface area contributed by atoms with Gasteiger partial charge in [0.15, 0.2) is 0 Å². The number of hydrogen-bond acceptors (Lipinski definition) is 4. The highest BCUT2D eigenvalue weighted by atomic mass is 79.9. The predicted octanol–water partition coefficient (Wildman–Crippen LogP) is 2.93. The summed E-state index contributed by atoms with van der Waals surface area (Å²) in [6.07, 6.45) is 4.66. The maximum absolute atomic E-state index is 7.25. The lowest BCUT2D eigenvalue weighted by Gasteiger charge is -2.08. The van der Waals surface area contributed by atoms with Gasteiger partial charge < -0.3 is 15.5 Å². The van der Waals surface area contributed by atoms with Crippen molar-refractivity contribution in [3.8, 4) is 0 Å². The summed E-state index contributed by atoms with van der Waals surface area (Å²) in [5.41, 5.74) is 1.64. The Morgan fingerprint density at radius 3 is 2.75 bits per heavy atom. The van der Waals surface area contributed by atoms with Crippen molar-refractivity contribution in [2.75, 3.05) is 25.6 Å². The van der Waals surface area contributed by atoms with Gasteiger partial charge in [-0.1, -0.05) is 13.8 Å². The molecular weight excluding hydrogens is 270 g/mol. The minimum absolute atomic E-state index is 0.629. The van der Waals surface area contributed by atoms with Gasteiger partial charge in [-0.05, 0) is 15.9 Å². The zero-order valence-electron chi connectivity index (χ0n) is 9.88. The Morgan fingerprint density at radius 1 is 1.50 bits per heavy atom. The summed E-state index contributed by atoms with van der Waals surface area (Å²) >= 11 is 3.33. The third-order valence-corrected chi connectivity index (χ3v) is 2.34. The molecule has 0 radical (unpaired) electrons. The molecule has 0 aliphatic rings. The topological polar surface area (TPSA) is 58.0 Å². The van der Waals surface area contributed by atoms with Crippen LogP contribution >= 0.6 is 15.9 Å². The van der Waals surface area contributed by atoms with E-state index in [1.165, 1.54) is 6.21 Å². The second-order valence-corrected chi connectivity index (χ2v) is 3.50. The van der Waals surface area contributed by atoms with Gasteiger partial charge in [-0.25, -0.2) is 0 Å². The number of methoxy groups -OCH3 is 1. The number of ether oxygens (including phenoxy) is 1. The van der Waals surface area contributed by atoms with Gasteiger partial charge in [-0.2, -0.15) is 0 Å². The molecule has 1 aromatic rings. The number of aromatic nitrogens is 1. The number of hydrogen-bond donors (Lipinski definition) is 2. The summed E-state index contributed by atoms with van der Waals surface area (Å²) in [7, 11) is 1.65. The SMILES string of the molecule is CC.COCCNc1cncc(Br)c1C=N. The molecular formula is C11H18BrN3O. The summed E-state index contributed by atoms with van der Waals surface area (Å²) in [6.45, 7) is 5.33. The highest BCUT2D eigenvalue weighted by Crippen LogP contribution is 2.20. The van der Waals surface area contributed by atoms with E-state index in [-0.39, 0.29) is 0 Å². The molecule has 0 aliphatic carbocycles. The zero-order valence-corrected chi connectivity index (χ0v) is 11.5. The first-order chi connectivity index (χ1) is 7.79. The van der Waals surface area contributed by atoms with E-state index in [4.69, 9.17) is 10.1 Å². The molecule has 90 valence electrons. The number of anilines is 1. The van der Waals surface area contributed by atoms with Gasteiger partial charge >= 0.3 is 0 Å². The molecule has 0 fully saturated rings. The van der Waals surface area contributed by atoms with E-state index >= 15 is 0 Å². The quantitative estimate of drug-likeness (QED) is 0.647. The molecule has 0 bridgehead atoms. The zero-order chi connectivity index (χ0) is 12.4. The standard InChI is InChI=1S/C9H12BrN3O.C2H6/c1-14-3-2-13-9-6-12-5-8(10)7(9)4-11;1-2/h4-6,11,13H,2-3H2,1H3;1-2H3. The van der Waals surface area contributed by atoms with E-state index in [0.29, 0.717) is 13.2 Å².